The minimum absolute atomic E-state index is 0.00684. The molecule has 5 N–H and O–H groups in total. The molecular formula is C22H37ClN6O4S. The maximum Gasteiger partial charge on any atom is 0.266 e. The largest absolute Gasteiger partial charge is 0.380 e. The smallest absolute Gasteiger partial charge is 0.266 e. The Labute approximate surface area is 210 Å². The molecule has 5 saturated heterocycles. The standard InChI is InChI=1S/C22H37ClN6O4S/c1-11-5-12(13-6-18(23)26-8-16(13)32-2)14(7-25-11)19(30)28-22-27-15-9-29(10-17(15)34-22)21(31)20-24-3-4-33-20/h11-18,20,22,24-27H,3-10H2,1-2H3,(H,28,30). The predicted molar refractivity (Wildman–Crippen MR) is 130 cm³/mol. The van der Waals surface area contributed by atoms with Gasteiger partial charge in [0.2, 0.25) is 5.91 Å². The highest BCUT2D eigenvalue weighted by Crippen LogP contribution is 2.38. The molecule has 0 aromatic heterocycles. The monoisotopic (exact) mass is 516 g/mol. The molecule has 5 rings (SSSR count). The number of hydrogen-bond donors (Lipinski definition) is 5. The number of hydrogen-bond acceptors (Lipinski definition) is 9. The minimum Gasteiger partial charge on any atom is -0.380 e. The second-order valence-corrected chi connectivity index (χ2v) is 12.0. The number of ether oxygens (including phenoxy) is 2. The van der Waals surface area contributed by atoms with Gasteiger partial charge < -0.3 is 25.0 Å². The molecule has 10 unspecified atom stereocenters. The van der Waals surface area contributed by atoms with Crippen molar-refractivity contribution in [2.45, 2.75) is 60.4 Å². The molecule has 5 aliphatic heterocycles. The van der Waals surface area contributed by atoms with E-state index in [1.54, 1.807) is 18.9 Å². The van der Waals surface area contributed by atoms with Crippen molar-refractivity contribution in [3.63, 3.8) is 0 Å². The fourth-order valence-electron chi connectivity index (χ4n) is 6.20. The number of methoxy groups -OCH3 is 1. The molecule has 5 fully saturated rings. The van der Waals surface area contributed by atoms with Crippen molar-refractivity contribution in [2.24, 2.45) is 17.8 Å². The van der Waals surface area contributed by atoms with E-state index in [2.05, 4.69) is 33.5 Å². The van der Waals surface area contributed by atoms with E-state index in [9.17, 15) is 9.59 Å². The number of rotatable bonds is 5. The zero-order chi connectivity index (χ0) is 23.8. The minimum atomic E-state index is -0.518. The summed E-state index contributed by atoms with van der Waals surface area (Å²) in [5.74, 6) is 0.399. The summed E-state index contributed by atoms with van der Waals surface area (Å²) in [5.41, 5.74) is -0.236. The Kier molecular flexibility index (Phi) is 7.91. The Morgan fingerprint density at radius 1 is 1.15 bits per heavy atom. The van der Waals surface area contributed by atoms with Gasteiger partial charge in [0.05, 0.1) is 24.1 Å². The normalized spacial score (nSPS) is 44.7. The molecule has 0 saturated carbocycles. The number of fused-ring (bicyclic) bond motifs is 1. The molecule has 0 radical (unpaired) electrons. The summed E-state index contributed by atoms with van der Waals surface area (Å²) in [5, 5.41) is 16.9. The molecule has 0 aromatic rings. The lowest BCUT2D eigenvalue weighted by atomic mass is 9.70. The summed E-state index contributed by atoms with van der Waals surface area (Å²) in [6, 6.07) is 0.524. The third-order valence-corrected chi connectivity index (χ3v) is 9.67. The van der Waals surface area contributed by atoms with Gasteiger partial charge in [-0.3, -0.25) is 25.5 Å². The first kappa shape index (κ1) is 25.0. The highest BCUT2D eigenvalue weighted by Gasteiger charge is 2.47. The van der Waals surface area contributed by atoms with Crippen molar-refractivity contribution in [3.05, 3.63) is 0 Å². The van der Waals surface area contributed by atoms with Gasteiger partial charge in [-0.25, -0.2) is 0 Å². The van der Waals surface area contributed by atoms with Crippen LogP contribution >= 0.6 is 23.4 Å². The number of nitrogens with one attached hydrogen (secondary N) is 5. The first-order valence-electron chi connectivity index (χ1n) is 12.4. The van der Waals surface area contributed by atoms with Crippen molar-refractivity contribution in [2.75, 3.05) is 46.4 Å². The van der Waals surface area contributed by atoms with Gasteiger partial charge in [0, 0.05) is 57.2 Å². The third kappa shape index (κ3) is 5.22. The van der Waals surface area contributed by atoms with Gasteiger partial charge >= 0.3 is 0 Å². The van der Waals surface area contributed by atoms with Gasteiger partial charge in [-0.05, 0) is 31.6 Å². The summed E-state index contributed by atoms with van der Waals surface area (Å²) in [4.78, 5) is 28.0. The van der Waals surface area contributed by atoms with E-state index < -0.39 is 6.23 Å². The first-order chi connectivity index (χ1) is 16.4. The zero-order valence-electron chi connectivity index (χ0n) is 19.8. The van der Waals surface area contributed by atoms with Crippen molar-refractivity contribution >= 4 is 35.2 Å². The van der Waals surface area contributed by atoms with E-state index >= 15 is 0 Å². The summed E-state index contributed by atoms with van der Waals surface area (Å²) in [7, 11) is 1.74. The number of thioether (sulfide) groups is 1. The summed E-state index contributed by atoms with van der Waals surface area (Å²) >= 11 is 8.15. The molecule has 5 heterocycles. The van der Waals surface area contributed by atoms with Gasteiger partial charge in [-0.15, -0.1) is 23.4 Å². The van der Waals surface area contributed by atoms with E-state index in [1.165, 1.54) is 0 Å². The molecule has 0 aromatic carbocycles. The van der Waals surface area contributed by atoms with Crippen LogP contribution in [0.5, 0.6) is 0 Å². The van der Waals surface area contributed by atoms with Crippen molar-refractivity contribution in [1.82, 2.24) is 31.5 Å². The van der Waals surface area contributed by atoms with Crippen LogP contribution in [0.2, 0.25) is 0 Å². The molecule has 10 atom stereocenters. The molecule has 12 heteroatoms. The Balaban J connectivity index is 1.17. The van der Waals surface area contributed by atoms with Crippen LogP contribution in [0.15, 0.2) is 0 Å². The van der Waals surface area contributed by atoms with Crippen LogP contribution in [0.4, 0.5) is 0 Å². The molecule has 0 spiro atoms. The molecule has 10 nitrogen and oxygen atoms in total. The molecule has 192 valence electrons. The van der Waals surface area contributed by atoms with Crippen molar-refractivity contribution in [3.8, 4) is 0 Å². The average Bonchev–Trinajstić information content (AvgIpc) is 3.55. The van der Waals surface area contributed by atoms with Gasteiger partial charge in [0.1, 0.15) is 5.50 Å². The average molecular weight is 517 g/mol. The SMILES string of the molecule is COC1CNC(Cl)CC1C1CC(C)NCC1C(=O)NC1NC2CN(C(=O)C3NCCO3)CC2S1. The Bertz CT molecular complexity index is 747. The van der Waals surface area contributed by atoms with Crippen LogP contribution in [0.1, 0.15) is 19.8 Å². The number of amides is 2. The van der Waals surface area contributed by atoms with Gasteiger partial charge in [0.25, 0.3) is 5.91 Å². The quantitative estimate of drug-likeness (QED) is 0.233. The first-order valence-corrected chi connectivity index (χ1v) is 13.8. The molecule has 0 aliphatic carbocycles. The van der Waals surface area contributed by atoms with Crippen LogP contribution < -0.4 is 26.6 Å². The second kappa shape index (κ2) is 10.8. The van der Waals surface area contributed by atoms with Gasteiger partial charge in [-0.1, -0.05) is 0 Å². The Morgan fingerprint density at radius 3 is 2.74 bits per heavy atom. The number of carbonyl (C=O) groups is 2. The maximum atomic E-state index is 13.5. The molecule has 5 aliphatic rings. The topological polar surface area (TPSA) is 116 Å². The maximum absolute atomic E-state index is 13.5. The molecular weight excluding hydrogens is 480 g/mol. The number of carbonyl (C=O) groups excluding carboxylic acids is 2. The highest BCUT2D eigenvalue weighted by atomic mass is 35.5. The van der Waals surface area contributed by atoms with Crippen LogP contribution in [0.25, 0.3) is 0 Å². The third-order valence-electron chi connectivity index (χ3n) is 7.98. The number of halogens is 1. The number of piperidine rings is 2. The van der Waals surface area contributed by atoms with Crippen LogP contribution in [-0.2, 0) is 19.1 Å². The van der Waals surface area contributed by atoms with Gasteiger partial charge in [-0.2, -0.15) is 0 Å². The molecule has 0 bridgehead atoms. The van der Waals surface area contributed by atoms with E-state index in [4.69, 9.17) is 21.1 Å². The molecule has 2 amide bonds. The Morgan fingerprint density at radius 2 is 2.00 bits per heavy atom. The fourth-order valence-corrected chi connectivity index (χ4v) is 7.90. The lowest BCUT2D eigenvalue weighted by Gasteiger charge is -2.45. The summed E-state index contributed by atoms with van der Waals surface area (Å²) in [6.45, 7) is 6.13. The van der Waals surface area contributed by atoms with E-state index in [-0.39, 0.29) is 58.0 Å². The van der Waals surface area contributed by atoms with E-state index in [0.29, 0.717) is 45.4 Å². The van der Waals surface area contributed by atoms with E-state index in [1.807, 2.05) is 4.90 Å². The number of alkyl halides is 1. The zero-order valence-corrected chi connectivity index (χ0v) is 21.4. The fraction of sp³-hybridized carbons (Fsp3) is 0.909. The summed E-state index contributed by atoms with van der Waals surface area (Å²) < 4.78 is 11.2. The Hall–Kier alpha value is -0.660. The van der Waals surface area contributed by atoms with Crippen LogP contribution in [0.3, 0.4) is 0 Å². The summed E-state index contributed by atoms with van der Waals surface area (Å²) in [6.07, 6.45) is 1.26. The molecule has 34 heavy (non-hydrogen) atoms. The number of likely N-dealkylation sites (tertiary alicyclic amines) is 1. The van der Waals surface area contributed by atoms with Gasteiger partial charge in [0.15, 0.2) is 6.23 Å². The van der Waals surface area contributed by atoms with E-state index in [0.717, 1.165) is 12.8 Å². The second-order valence-electron chi connectivity index (χ2n) is 10.1. The van der Waals surface area contributed by atoms with Crippen LogP contribution in [-0.4, -0.2) is 104 Å². The van der Waals surface area contributed by atoms with Crippen LogP contribution in [0, 0.1) is 17.8 Å². The predicted octanol–water partition coefficient (Wildman–Crippen LogP) is -0.948. The number of nitrogens with zero attached hydrogens (tertiary/aromatic N) is 1. The highest BCUT2D eigenvalue weighted by molar-refractivity contribution is 8.00. The van der Waals surface area contributed by atoms with Crippen molar-refractivity contribution in [1.29, 1.82) is 0 Å². The lowest BCUT2D eigenvalue weighted by molar-refractivity contribution is -0.141. The lowest BCUT2D eigenvalue weighted by Crippen LogP contribution is -2.57. The van der Waals surface area contributed by atoms with Crippen molar-refractivity contribution < 1.29 is 19.1 Å².